The highest BCUT2D eigenvalue weighted by Crippen LogP contribution is 2.22. The Morgan fingerprint density at radius 1 is 1.33 bits per heavy atom. The SMILES string of the molecule is CCOC(=O)c1cnn(-c2ccc(Br)cc2)c1S(C)(=O)=O. The molecule has 8 heteroatoms. The molecule has 0 atom stereocenters. The fourth-order valence-corrected chi connectivity index (χ4v) is 3.08. The Balaban J connectivity index is 2.63. The minimum atomic E-state index is -3.65. The maximum Gasteiger partial charge on any atom is 0.342 e. The van der Waals surface area contributed by atoms with Crippen LogP contribution in [0.5, 0.6) is 0 Å². The summed E-state index contributed by atoms with van der Waals surface area (Å²) < 4.78 is 30.9. The van der Waals surface area contributed by atoms with Crippen LogP contribution in [-0.4, -0.2) is 37.0 Å². The van der Waals surface area contributed by atoms with E-state index in [1.165, 1.54) is 10.9 Å². The van der Waals surface area contributed by atoms with Crippen molar-refractivity contribution in [1.82, 2.24) is 9.78 Å². The summed E-state index contributed by atoms with van der Waals surface area (Å²) in [6.07, 6.45) is 2.23. The lowest BCUT2D eigenvalue weighted by Crippen LogP contribution is -2.13. The van der Waals surface area contributed by atoms with Gasteiger partial charge in [0.2, 0.25) is 0 Å². The maximum absolute atomic E-state index is 12.0. The predicted molar refractivity (Wildman–Crippen MR) is 80.3 cm³/mol. The summed E-state index contributed by atoms with van der Waals surface area (Å²) >= 11 is 3.30. The Hall–Kier alpha value is -1.67. The Labute approximate surface area is 130 Å². The Morgan fingerprint density at radius 3 is 2.48 bits per heavy atom. The van der Waals surface area contributed by atoms with E-state index in [1.54, 1.807) is 31.2 Å². The number of sulfone groups is 1. The van der Waals surface area contributed by atoms with Crippen LogP contribution in [0.1, 0.15) is 17.3 Å². The van der Waals surface area contributed by atoms with Gasteiger partial charge in [-0.05, 0) is 31.2 Å². The van der Waals surface area contributed by atoms with E-state index in [0.717, 1.165) is 10.7 Å². The summed E-state index contributed by atoms with van der Waals surface area (Å²) in [7, 11) is -3.65. The third kappa shape index (κ3) is 3.33. The van der Waals surface area contributed by atoms with Crippen molar-refractivity contribution in [3.8, 4) is 5.69 Å². The quantitative estimate of drug-likeness (QED) is 0.768. The van der Waals surface area contributed by atoms with Crippen molar-refractivity contribution in [3.05, 3.63) is 40.5 Å². The number of hydrogen-bond acceptors (Lipinski definition) is 5. The number of nitrogens with zero attached hydrogens (tertiary/aromatic N) is 2. The average molecular weight is 373 g/mol. The third-order valence-corrected chi connectivity index (χ3v) is 4.27. The molecule has 0 N–H and O–H groups in total. The normalized spacial score (nSPS) is 11.4. The predicted octanol–water partition coefficient (Wildman–Crippen LogP) is 2.21. The Bertz CT molecular complexity index is 766. The largest absolute Gasteiger partial charge is 0.462 e. The summed E-state index contributed by atoms with van der Waals surface area (Å²) in [6, 6.07) is 6.90. The number of ether oxygens (including phenoxy) is 1. The summed E-state index contributed by atoms with van der Waals surface area (Å²) in [5, 5.41) is 3.83. The molecule has 0 aliphatic carbocycles. The van der Waals surface area contributed by atoms with Crippen molar-refractivity contribution < 1.29 is 17.9 Å². The average Bonchev–Trinajstić information content (AvgIpc) is 2.84. The minimum absolute atomic E-state index is 0.0673. The Kier molecular flexibility index (Phi) is 4.48. The molecule has 6 nitrogen and oxygen atoms in total. The van der Waals surface area contributed by atoms with Gasteiger partial charge < -0.3 is 4.74 Å². The van der Waals surface area contributed by atoms with Gasteiger partial charge in [-0.25, -0.2) is 17.9 Å². The molecule has 0 aliphatic rings. The van der Waals surface area contributed by atoms with Gasteiger partial charge in [0.1, 0.15) is 5.56 Å². The van der Waals surface area contributed by atoms with Gasteiger partial charge in [-0.3, -0.25) is 0 Å². The monoisotopic (exact) mass is 372 g/mol. The van der Waals surface area contributed by atoms with Crippen molar-refractivity contribution in [1.29, 1.82) is 0 Å². The molecule has 0 unspecified atom stereocenters. The highest BCUT2D eigenvalue weighted by atomic mass is 79.9. The van der Waals surface area contributed by atoms with Gasteiger partial charge in [0.25, 0.3) is 0 Å². The van der Waals surface area contributed by atoms with E-state index in [1.807, 2.05) is 0 Å². The van der Waals surface area contributed by atoms with Crippen molar-refractivity contribution in [2.75, 3.05) is 12.9 Å². The molecule has 0 bridgehead atoms. The zero-order chi connectivity index (χ0) is 15.6. The van der Waals surface area contributed by atoms with Gasteiger partial charge in [0, 0.05) is 10.7 Å². The van der Waals surface area contributed by atoms with Crippen LogP contribution in [0.4, 0.5) is 0 Å². The third-order valence-electron chi connectivity index (χ3n) is 2.64. The standard InChI is InChI=1S/C13H13BrN2O4S/c1-3-20-13(17)11-8-15-16(12(11)21(2,18)19)10-6-4-9(14)5-7-10/h4-8H,3H2,1-2H3. The smallest absolute Gasteiger partial charge is 0.342 e. The summed E-state index contributed by atoms with van der Waals surface area (Å²) in [5.41, 5.74) is 0.469. The van der Waals surface area contributed by atoms with Crippen molar-refractivity contribution >= 4 is 31.7 Å². The lowest BCUT2D eigenvalue weighted by molar-refractivity contribution is 0.0521. The fraction of sp³-hybridized carbons (Fsp3) is 0.231. The molecule has 0 fully saturated rings. The molecule has 1 aromatic heterocycles. The van der Waals surface area contributed by atoms with E-state index < -0.39 is 15.8 Å². The molecule has 0 amide bonds. The molecule has 1 heterocycles. The lowest BCUT2D eigenvalue weighted by atomic mass is 10.3. The highest BCUT2D eigenvalue weighted by molar-refractivity contribution is 9.10. The van der Waals surface area contributed by atoms with E-state index >= 15 is 0 Å². The molecule has 2 aromatic rings. The lowest BCUT2D eigenvalue weighted by Gasteiger charge is -2.08. The van der Waals surface area contributed by atoms with Gasteiger partial charge in [0.15, 0.2) is 14.9 Å². The van der Waals surface area contributed by atoms with E-state index in [9.17, 15) is 13.2 Å². The molecule has 2 rings (SSSR count). The van der Waals surface area contributed by atoms with Crippen LogP contribution in [0.3, 0.4) is 0 Å². The first kappa shape index (κ1) is 15.7. The maximum atomic E-state index is 12.0. The zero-order valence-electron chi connectivity index (χ0n) is 11.4. The van der Waals surface area contributed by atoms with E-state index in [0.29, 0.717) is 5.69 Å². The fourth-order valence-electron chi connectivity index (χ4n) is 1.81. The number of rotatable bonds is 4. The minimum Gasteiger partial charge on any atom is -0.462 e. The first-order valence-electron chi connectivity index (χ1n) is 6.05. The number of carbonyl (C=O) groups is 1. The molecule has 21 heavy (non-hydrogen) atoms. The van der Waals surface area contributed by atoms with Crippen molar-refractivity contribution in [2.45, 2.75) is 11.9 Å². The first-order valence-corrected chi connectivity index (χ1v) is 8.74. The number of esters is 1. The molecule has 1 aromatic carbocycles. The van der Waals surface area contributed by atoms with Gasteiger partial charge in [-0.2, -0.15) is 5.10 Å². The van der Waals surface area contributed by atoms with E-state index in [2.05, 4.69) is 21.0 Å². The summed E-state index contributed by atoms with van der Waals surface area (Å²) in [5.74, 6) is -0.707. The molecule has 0 saturated heterocycles. The van der Waals surface area contributed by atoms with Crippen LogP contribution in [0.15, 0.2) is 40.0 Å². The van der Waals surface area contributed by atoms with E-state index in [4.69, 9.17) is 4.74 Å². The van der Waals surface area contributed by atoms with Gasteiger partial charge in [-0.1, -0.05) is 15.9 Å². The molecular formula is C13H13BrN2O4S. The number of aromatic nitrogens is 2. The second kappa shape index (κ2) is 5.98. The molecule has 0 aliphatic heterocycles. The van der Waals surface area contributed by atoms with E-state index in [-0.39, 0.29) is 17.2 Å². The summed E-state index contributed by atoms with van der Waals surface area (Å²) in [4.78, 5) is 11.9. The highest BCUT2D eigenvalue weighted by Gasteiger charge is 2.26. The molecule has 0 saturated carbocycles. The van der Waals surface area contributed by atoms with Gasteiger partial charge in [0.05, 0.1) is 18.5 Å². The molecule has 0 spiro atoms. The number of carbonyl (C=O) groups excluding carboxylic acids is 1. The molecular weight excluding hydrogens is 360 g/mol. The van der Waals surface area contributed by atoms with Crippen LogP contribution in [0.2, 0.25) is 0 Å². The molecule has 112 valence electrons. The number of halogens is 1. The van der Waals surface area contributed by atoms with Gasteiger partial charge in [-0.15, -0.1) is 0 Å². The number of hydrogen-bond donors (Lipinski definition) is 0. The van der Waals surface area contributed by atoms with Crippen LogP contribution >= 0.6 is 15.9 Å². The van der Waals surface area contributed by atoms with Crippen molar-refractivity contribution in [2.24, 2.45) is 0 Å². The van der Waals surface area contributed by atoms with Crippen LogP contribution in [0, 0.1) is 0 Å². The zero-order valence-corrected chi connectivity index (χ0v) is 13.8. The second-order valence-corrected chi connectivity index (χ2v) is 7.09. The van der Waals surface area contributed by atoms with Crippen molar-refractivity contribution in [3.63, 3.8) is 0 Å². The summed E-state index contributed by atoms with van der Waals surface area (Å²) in [6.45, 7) is 1.81. The van der Waals surface area contributed by atoms with Crippen LogP contribution < -0.4 is 0 Å². The topological polar surface area (TPSA) is 78.3 Å². The second-order valence-electron chi connectivity index (χ2n) is 4.24. The Morgan fingerprint density at radius 2 is 1.95 bits per heavy atom. The molecule has 0 radical (unpaired) electrons. The van der Waals surface area contributed by atoms with Crippen LogP contribution in [-0.2, 0) is 14.6 Å². The first-order chi connectivity index (χ1) is 9.84. The van der Waals surface area contributed by atoms with Crippen LogP contribution in [0.25, 0.3) is 5.69 Å². The van der Waals surface area contributed by atoms with Gasteiger partial charge >= 0.3 is 5.97 Å². The number of benzene rings is 1.